The normalized spacial score (nSPS) is 17.3. The van der Waals surface area contributed by atoms with E-state index in [4.69, 9.17) is 0 Å². The highest BCUT2D eigenvalue weighted by atomic mass is 19.1. The molecule has 1 atom stereocenters. The quantitative estimate of drug-likeness (QED) is 0.601. The van der Waals surface area contributed by atoms with Crippen molar-refractivity contribution in [2.45, 2.75) is 19.3 Å². The molecule has 3 aromatic carbocycles. The van der Waals surface area contributed by atoms with Crippen molar-refractivity contribution in [1.82, 2.24) is 5.43 Å². The predicted molar refractivity (Wildman–Crippen MR) is 101 cm³/mol. The molecule has 0 aromatic heterocycles. The average Bonchev–Trinajstić information content (AvgIpc) is 3.00. The molecule has 1 amide bonds. The second kappa shape index (κ2) is 6.39. The van der Waals surface area contributed by atoms with Crippen LogP contribution in [0.1, 0.15) is 40.7 Å². The Hall–Kier alpha value is -3.41. The largest absolute Gasteiger partial charge is 0.507 e. The molecular weight excluding hydrogens is 347 g/mol. The molecule has 6 heteroatoms. The van der Waals surface area contributed by atoms with Gasteiger partial charge in [-0.1, -0.05) is 31.2 Å². The summed E-state index contributed by atoms with van der Waals surface area (Å²) < 4.78 is 14.1. The van der Waals surface area contributed by atoms with Crippen LogP contribution in [0.5, 0.6) is 11.5 Å². The number of aromatic hydroxyl groups is 2. The number of hydrogen-bond donors (Lipinski definition) is 3. The molecule has 1 aliphatic rings. The number of nitrogens with one attached hydrogen (secondary N) is 1. The number of carbonyl (C=O) groups excluding carboxylic acids is 1. The summed E-state index contributed by atoms with van der Waals surface area (Å²) in [7, 11) is 0. The van der Waals surface area contributed by atoms with Crippen LogP contribution in [0.2, 0.25) is 0 Å². The van der Waals surface area contributed by atoms with E-state index in [1.54, 1.807) is 6.07 Å². The van der Waals surface area contributed by atoms with Gasteiger partial charge in [-0.3, -0.25) is 4.79 Å². The summed E-state index contributed by atoms with van der Waals surface area (Å²) in [5.41, 5.74) is 3.63. The first-order valence-corrected chi connectivity index (χ1v) is 8.56. The summed E-state index contributed by atoms with van der Waals surface area (Å²) >= 11 is 0. The second-order valence-electron chi connectivity index (χ2n) is 6.68. The van der Waals surface area contributed by atoms with Crippen LogP contribution >= 0.6 is 0 Å². The van der Waals surface area contributed by atoms with Gasteiger partial charge in [0.15, 0.2) is 0 Å². The minimum Gasteiger partial charge on any atom is -0.507 e. The van der Waals surface area contributed by atoms with Gasteiger partial charge in [-0.25, -0.2) is 9.82 Å². The molecule has 1 aliphatic carbocycles. The number of fused-ring (bicyclic) bond motifs is 2. The van der Waals surface area contributed by atoms with Crippen LogP contribution < -0.4 is 5.43 Å². The first-order chi connectivity index (χ1) is 13.0. The lowest BCUT2D eigenvalue weighted by molar-refractivity contribution is 0.0952. The van der Waals surface area contributed by atoms with Gasteiger partial charge in [0.05, 0.1) is 11.3 Å². The minimum absolute atomic E-state index is 0.0719. The predicted octanol–water partition coefficient (Wildman–Crippen LogP) is 4.03. The molecule has 0 bridgehead atoms. The van der Waals surface area contributed by atoms with Crippen molar-refractivity contribution < 1.29 is 19.4 Å². The number of halogens is 1. The van der Waals surface area contributed by atoms with Crippen molar-refractivity contribution in [1.29, 1.82) is 0 Å². The smallest absolute Gasteiger partial charge is 0.275 e. The maximum absolute atomic E-state index is 14.1. The van der Waals surface area contributed by atoms with Crippen LogP contribution in [0.4, 0.5) is 4.39 Å². The van der Waals surface area contributed by atoms with E-state index in [9.17, 15) is 19.4 Å². The van der Waals surface area contributed by atoms with Gasteiger partial charge in [0.25, 0.3) is 5.91 Å². The third kappa shape index (κ3) is 2.89. The highest BCUT2D eigenvalue weighted by Gasteiger charge is 2.30. The Bertz CT molecular complexity index is 1110. The SMILES string of the molecule is C[C@H]1C/C(=N\NC(=O)c2cc3ccccc3cc2O)c2c(O)ccc(F)c21. The molecule has 0 fully saturated rings. The number of rotatable bonds is 2. The fourth-order valence-corrected chi connectivity index (χ4v) is 3.55. The van der Waals surface area contributed by atoms with E-state index in [1.807, 2.05) is 31.2 Å². The number of nitrogens with zero attached hydrogens (tertiary/aromatic N) is 1. The highest BCUT2D eigenvalue weighted by Crippen LogP contribution is 2.39. The number of benzene rings is 3. The summed E-state index contributed by atoms with van der Waals surface area (Å²) in [6, 6.07) is 13.0. The molecule has 27 heavy (non-hydrogen) atoms. The van der Waals surface area contributed by atoms with Gasteiger partial charge in [-0.15, -0.1) is 0 Å². The molecule has 5 nitrogen and oxygen atoms in total. The number of amides is 1. The molecule has 4 rings (SSSR count). The van der Waals surface area contributed by atoms with Crippen LogP contribution in [0.15, 0.2) is 53.6 Å². The fraction of sp³-hybridized carbons (Fsp3) is 0.143. The number of hydrazone groups is 1. The summed E-state index contributed by atoms with van der Waals surface area (Å²) in [6.45, 7) is 1.83. The Morgan fingerprint density at radius 1 is 1.11 bits per heavy atom. The van der Waals surface area contributed by atoms with Crippen LogP contribution in [0.3, 0.4) is 0 Å². The maximum Gasteiger partial charge on any atom is 0.275 e. The average molecular weight is 364 g/mol. The van der Waals surface area contributed by atoms with Crippen molar-refractivity contribution in [2.75, 3.05) is 0 Å². The van der Waals surface area contributed by atoms with Gasteiger partial charge in [-0.2, -0.15) is 5.10 Å². The Labute approximate surface area is 154 Å². The van der Waals surface area contributed by atoms with Gasteiger partial charge in [0.1, 0.15) is 17.3 Å². The standard InChI is InChI=1S/C21H17FN2O3/c1-11-8-16(20-17(25)7-6-15(22)19(11)20)23-24-21(27)14-9-12-4-2-3-5-13(12)10-18(14)26/h2-7,9-11,25-26H,8H2,1H3,(H,24,27)/b23-16+/t11-/m0/s1. The maximum atomic E-state index is 14.1. The molecule has 0 heterocycles. The van der Waals surface area contributed by atoms with E-state index in [2.05, 4.69) is 10.5 Å². The number of phenols is 2. The lowest BCUT2D eigenvalue weighted by atomic mass is 10.0. The third-order valence-electron chi connectivity index (χ3n) is 4.85. The Morgan fingerprint density at radius 2 is 1.81 bits per heavy atom. The summed E-state index contributed by atoms with van der Waals surface area (Å²) in [6.07, 6.45) is 0.397. The van der Waals surface area contributed by atoms with E-state index in [0.29, 0.717) is 23.3 Å². The second-order valence-corrected chi connectivity index (χ2v) is 6.68. The van der Waals surface area contributed by atoms with E-state index in [1.165, 1.54) is 18.2 Å². The zero-order valence-corrected chi connectivity index (χ0v) is 14.5. The molecule has 0 saturated carbocycles. The first-order valence-electron chi connectivity index (χ1n) is 8.56. The van der Waals surface area contributed by atoms with Crippen molar-refractivity contribution in [2.24, 2.45) is 5.10 Å². The lowest BCUT2D eigenvalue weighted by Crippen LogP contribution is -2.19. The van der Waals surface area contributed by atoms with Crippen molar-refractivity contribution in [3.05, 3.63) is 71.0 Å². The summed E-state index contributed by atoms with van der Waals surface area (Å²) in [4.78, 5) is 12.5. The Kier molecular flexibility index (Phi) is 4.03. The molecule has 0 saturated heterocycles. The van der Waals surface area contributed by atoms with Crippen LogP contribution in [0.25, 0.3) is 10.8 Å². The molecule has 0 radical (unpaired) electrons. The molecule has 3 N–H and O–H groups in total. The molecule has 0 unspecified atom stereocenters. The van der Waals surface area contributed by atoms with Crippen molar-refractivity contribution in [3.8, 4) is 11.5 Å². The van der Waals surface area contributed by atoms with Crippen LogP contribution in [0, 0.1) is 5.82 Å². The van der Waals surface area contributed by atoms with Gasteiger partial charge in [0, 0.05) is 11.1 Å². The molecule has 136 valence electrons. The van der Waals surface area contributed by atoms with Crippen molar-refractivity contribution in [3.63, 3.8) is 0 Å². The van der Waals surface area contributed by atoms with E-state index < -0.39 is 11.7 Å². The van der Waals surface area contributed by atoms with E-state index in [-0.39, 0.29) is 23.0 Å². The molecule has 0 spiro atoms. The van der Waals surface area contributed by atoms with Gasteiger partial charge < -0.3 is 10.2 Å². The van der Waals surface area contributed by atoms with E-state index in [0.717, 1.165) is 10.8 Å². The van der Waals surface area contributed by atoms with E-state index >= 15 is 0 Å². The van der Waals surface area contributed by atoms with Gasteiger partial charge >= 0.3 is 0 Å². The number of hydrogen-bond acceptors (Lipinski definition) is 4. The monoisotopic (exact) mass is 364 g/mol. The first kappa shape index (κ1) is 17.0. The number of phenolic OH excluding ortho intramolecular Hbond substituents is 2. The molecule has 0 aliphatic heterocycles. The lowest BCUT2D eigenvalue weighted by Gasteiger charge is -2.08. The molecule has 3 aromatic rings. The van der Waals surface area contributed by atoms with Crippen molar-refractivity contribution >= 4 is 22.4 Å². The zero-order chi connectivity index (χ0) is 19.1. The van der Waals surface area contributed by atoms with Gasteiger partial charge in [0.2, 0.25) is 0 Å². The Balaban J connectivity index is 1.66. The van der Waals surface area contributed by atoms with Crippen LogP contribution in [-0.4, -0.2) is 21.8 Å². The third-order valence-corrected chi connectivity index (χ3v) is 4.85. The van der Waals surface area contributed by atoms with Crippen LogP contribution in [-0.2, 0) is 0 Å². The topological polar surface area (TPSA) is 81.9 Å². The highest BCUT2D eigenvalue weighted by molar-refractivity contribution is 6.08. The molecular formula is C21H17FN2O3. The summed E-state index contributed by atoms with van der Waals surface area (Å²) in [5.74, 6) is -1.36. The minimum atomic E-state index is -0.581. The number of carbonyl (C=O) groups is 1. The fourth-order valence-electron chi connectivity index (χ4n) is 3.55. The Morgan fingerprint density at radius 3 is 2.56 bits per heavy atom. The zero-order valence-electron chi connectivity index (χ0n) is 14.5. The summed E-state index contributed by atoms with van der Waals surface area (Å²) in [5, 5.41) is 26.0. The van der Waals surface area contributed by atoms with Gasteiger partial charge in [-0.05, 0) is 47.4 Å².